The highest BCUT2D eigenvalue weighted by Crippen LogP contribution is 1.99. The second-order valence-corrected chi connectivity index (χ2v) is 4.08. The van der Waals surface area contributed by atoms with Crippen LogP contribution in [0.25, 0.3) is 0 Å². The van der Waals surface area contributed by atoms with Crippen molar-refractivity contribution in [2.75, 3.05) is 7.05 Å². The van der Waals surface area contributed by atoms with Crippen molar-refractivity contribution < 1.29 is 14.7 Å². The fraction of sp³-hybridized carbons (Fsp3) is 0.600. The van der Waals surface area contributed by atoms with Crippen LogP contribution in [0.1, 0.15) is 19.5 Å². The highest BCUT2D eigenvalue weighted by atomic mass is 16.4. The molecule has 1 aromatic heterocycles. The molecule has 1 rings (SSSR count). The summed E-state index contributed by atoms with van der Waals surface area (Å²) in [7, 11) is 1.71. The summed E-state index contributed by atoms with van der Waals surface area (Å²) >= 11 is 0. The molecule has 1 heterocycles. The zero-order valence-electron chi connectivity index (χ0n) is 10.1. The van der Waals surface area contributed by atoms with Crippen molar-refractivity contribution in [1.82, 2.24) is 19.9 Å². The van der Waals surface area contributed by atoms with Crippen molar-refractivity contribution in [3.63, 3.8) is 0 Å². The SMILES string of the molecule is CC(C)N(C)C(=O)Cn1cc(CC(=O)O)nn1. The van der Waals surface area contributed by atoms with E-state index in [4.69, 9.17) is 5.11 Å². The minimum Gasteiger partial charge on any atom is -0.481 e. The number of likely N-dealkylation sites (N-methyl/N-ethyl adjacent to an activating group) is 1. The van der Waals surface area contributed by atoms with E-state index in [1.54, 1.807) is 11.9 Å². The maximum Gasteiger partial charge on any atom is 0.309 e. The number of rotatable bonds is 5. The van der Waals surface area contributed by atoms with Gasteiger partial charge < -0.3 is 10.0 Å². The molecule has 0 spiro atoms. The summed E-state index contributed by atoms with van der Waals surface area (Å²) < 4.78 is 1.35. The van der Waals surface area contributed by atoms with Gasteiger partial charge in [-0.05, 0) is 13.8 Å². The molecular weight excluding hydrogens is 224 g/mol. The second kappa shape index (κ2) is 5.42. The quantitative estimate of drug-likeness (QED) is 0.768. The highest BCUT2D eigenvalue weighted by molar-refractivity contribution is 5.75. The Morgan fingerprint density at radius 1 is 1.53 bits per heavy atom. The van der Waals surface area contributed by atoms with Crippen LogP contribution in [0.5, 0.6) is 0 Å². The first-order chi connectivity index (χ1) is 7.90. The topological polar surface area (TPSA) is 88.3 Å². The van der Waals surface area contributed by atoms with Crippen LogP contribution in [-0.2, 0) is 22.6 Å². The van der Waals surface area contributed by atoms with Gasteiger partial charge in [0.1, 0.15) is 6.54 Å². The van der Waals surface area contributed by atoms with Gasteiger partial charge >= 0.3 is 5.97 Å². The summed E-state index contributed by atoms with van der Waals surface area (Å²) in [6.45, 7) is 3.89. The highest BCUT2D eigenvalue weighted by Gasteiger charge is 2.14. The maximum atomic E-state index is 11.7. The minimum atomic E-state index is -0.970. The molecule has 1 aromatic rings. The second-order valence-electron chi connectivity index (χ2n) is 4.08. The lowest BCUT2D eigenvalue weighted by Gasteiger charge is -2.20. The smallest absolute Gasteiger partial charge is 0.309 e. The predicted molar refractivity (Wildman–Crippen MR) is 59.3 cm³/mol. The predicted octanol–water partition coefficient (Wildman–Crippen LogP) is -0.228. The summed E-state index contributed by atoms with van der Waals surface area (Å²) in [5.41, 5.74) is 0.345. The zero-order chi connectivity index (χ0) is 13.0. The van der Waals surface area contributed by atoms with Gasteiger partial charge in [-0.25, -0.2) is 4.68 Å². The van der Waals surface area contributed by atoms with E-state index >= 15 is 0 Å². The van der Waals surface area contributed by atoms with Gasteiger partial charge in [-0.15, -0.1) is 5.10 Å². The van der Waals surface area contributed by atoms with Crippen molar-refractivity contribution in [3.8, 4) is 0 Å². The number of carboxylic acid groups (broad SMARTS) is 1. The summed E-state index contributed by atoms with van der Waals surface area (Å²) in [5.74, 6) is -1.06. The molecule has 0 aliphatic heterocycles. The Hall–Kier alpha value is -1.92. The Labute approximate surface area is 99.0 Å². The summed E-state index contributed by atoms with van der Waals surface area (Å²) in [5, 5.41) is 15.9. The Kier molecular flexibility index (Phi) is 4.19. The Morgan fingerprint density at radius 2 is 2.18 bits per heavy atom. The van der Waals surface area contributed by atoms with E-state index in [1.165, 1.54) is 10.9 Å². The lowest BCUT2D eigenvalue weighted by molar-refractivity contribution is -0.136. The molecule has 0 saturated carbocycles. The first-order valence-electron chi connectivity index (χ1n) is 5.26. The fourth-order valence-electron chi connectivity index (χ4n) is 1.19. The summed E-state index contributed by atoms with van der Waals surface area (Å²) in [6.07, 6.45) is 1.29. The van der Waals surface area contributed by atoms with Crippen molar-refractivity contribution in [2.24, 2.45) is 0 Å². The average molecular weight is 240 g/mol. The number of carbonyl (C=O) groups is 2. The number of nitrogens with zero attached hydrogens (tertiary/aromatic N) is 4. The summed E-state index contributed by atoms with van der Waals surface area (Å²) in [6, 6.07) is 0.115. The lowest BCUT2D eigenvalue weighted by Crippen LogP contribution is -2.35. The molecule has 0 saturated heterocycles. The number of carboxylic acids is 1. The number of aliphatic carboxylic acids is 1. The molecule has 0 fully saturated rings. The van der Waals surface area contributed by atoms with Crippen LogP contribution in [0.3, 0.4) is 0 Å². The average Bonchev–Trinajstić information content (AvgIpc) is 2.63. The van der Waals surface area contributed by atoms with Gasteiger partial charge in [-0.1, -0.05) is 5.21 Å². The molecule has 94 valence electrons. The number of carbonyl (C=O) groups excluding carboxylic acids is 1. The van der Waals surface area contributed by atoms with Crippen LogP contribution in [0, 0.1) is 0 Å². The normalized spacial score (nSPS) is 10.6. The molecule has 1 N–H and O–H groups in total. The molecular formula is C10H16N4O3. The van der Waals surface area contributed by atoms with E-state index in [9.17, 15) is 9.59 Å². The molecule has 7 heteroatoms. The van der Waals surface area contributed by atoms with Crippen LogP contribution in [0.15, 0.2) is 6.20 Å². The van der Waals surface area contributed by atoms with Gasteiger partial charge in [-0.2, -0.15) is 0 Å². The van der Waals surface area contributed by atoms with E-state index < -0.39 is 5.97 Å². The van der Waals surface area contributed by atoms with Gasteiger partial charge in [0.15, 0.2) is 0 Å². The van der Waals surface area contributed by atoms with E-state index in [0.717, 1.165) is 0 Å². The lowest BCUT2D eigenvalue weighted by atomic mass is 10.3. The van der Waals surface area contributed by atoms with Crippen LogP contribution < -0.4 is 0 Å². The molecule has 0 aromatic carbocycles. The largest absolute Gasteiger partial charge is 0.481 e. The Morgan fingerprint density at radius 3 is 2.71 bits per heavy atom. The van der Waals surface area contributed by atoms with Gasteiger partial charge in [-0.3, -0.25) is 9.59 Å². The molecule has 0 aliphatic rings. The van der Waals surface area contributed by atoms with Crippen LogP contribution in [-0.4, -0.2) is 50.0 Å². The van der Waals surface area contributed by atoms with Gasteiger partial charge in [0.05, 0.1) is 12.1 Å². The molecule has 0 radical (unpaired) electrons. The molecule has 0 bridgehead atoms. The first kappa shape index (κ1) is 13.1. The van der Waals surface area contributed by atoms with Crippen molar-refractivity contribution in [2.45, 2.75) is 32.9 Å². The van der Waals surface area contributed by atoms with Gasteiger partial charge in [0.2, 0.25) is 5.91 Å². The minimum absolute atomic E-state index is 0.0707. The molecule has 7 nitrogen and oxygen atoms in total. The molecule has 17 heavy (non-hydrogen) atoms. The van der Waals surface area contributed by atoms with E-state index in [0.29, 0.717) is 5.69 Å². The van der Waals surface area contributed by atoms with Crippen molar-refractivity contribution in [1.29, 1.82) is 0 Å². The first-order valence-corrected chi connectivity index (χ1v) is 5.26. The van der Waals surface area contributed by atoms with Gasteiger partial charge in [0, 0.05) is 19.3 Å². The maximum absolute atomic E-state index is 11.7. The van der Waals surface area contributed by atoms with Crippen LogP contribution >= 0.6 is 0 Å². The van der Waals surface area contributed by atoms with Gasteiger partial charge in [0.25, 0.3) is 0 Å². The third kappa shape index (κ3) is 3.86. The van der Waals surface area contributed by atoms with Crippen LogP contribution in [0.4, 0.5) is 0 Å². The fourth-order valence-corrected chi connectivity index (χ4v) is 1.19. The Bertz CT molecular complexity index is 413. The summed E-state index contributed by atoms with van der Waals surface area (Å²) in [4.78, 5) is 23.7. The molecule has 0 aliphatic carbocycles. The zero-order valence-corrected chi connectivity index (χ0v) is 10.1. The number of hydrogen-bond donors (Lipinski definition) is 1. The molecule has 1 amide bonds. The third-order valence-corrected chi connectivity index (χ3v) is 2.38. The van der Waals surface area contributed by atoms with Crippen molar-refractivity contribution >= 4 is 11.9 Å². The number of hydrogen-bond acceptors (Lipinski definition) is 4. The van der Waals surface area contributed by atoms with E-state index in [-0.39, 0.29) is 24.9 Å². The third-order valence-electron chi connectivity index (χ3n) is 2.38. The van der Waals surface area contributed by atoms with Crippen LogP contribution in [0.2, 0.25) is 0 Å². The monoisotopic (exact) mass is 240 g/mol. The van der Waals surface area contributed by atoms with E-state index in [1.807, 2.05) is 13.8 Å². The number of amides is 1. The number of aromatic nitrogens is 3. The van der Waals surface area contributed by atoms with Crippen molar-refractivity contribution in [3.05, 3.63) is 11.9 Å². The molecule has 0 unspecified atom stereocenters. The Balaban J connectivity index is 2.60. The molecule has 0 atom stereocenters. The van der Waals surface area contributed by atoms with E-state index in [2.05, 4.69) is 10.3 Å². The standard InChI is InChI=1S/C10H16N4O3/c1-7(2)13(3)9(15)6-14-5-8(11-12-14)4-10(16)17/h5,7H,4,6H2,1-3H3,(H,16,17).